The van der Waals surface area contributed by atoms with Crippen molar-refractivity contribution in [2.75, 3.05) is 5.73 Å². The Morgan fingerprint density at radius 1 is 1.00 bits per heavy atom. The lowest BCUT2D eigenvalue weighted by Crippen LogP contribution is -1.92. The molecule has 0 bridgehead atoms. The number of benzene rings is 1. The molecule has 2 N–H and O–H groups in total. The van der Waals surface area contributed by atoms with Crippen molar-refractivity contribution in [1.29, 1.82) is 0 Å². The number of nitrogens with zero attached hydrogens (tertiary/aromatic N) is 2. The molecular formula is C13H11N3S. The maximum atomic E-state index is 5.83. The number of fused-ring (bicyclic) bond motifs is 1. The second-order valence-electron chi connectivity index (χ2n) is 3.69. The Bertz CT molecular complexity index is 646. The van der Waals surface area contributed by atoms with Crippen LogP contribution < -0.4 is 5.73 Å². The minimum absolute atomic E-state index is 0.663. The van der Waals surface area contributed by atoms with E-state index in [2.05, 4.69) is 23.2 Å². The number of hydrogen-bond acceptors (Lipinski definition) is 3. The summed E-state index contributed by atoms with van der Waals surface area (Å²) in [4.78, 5) is 6.56. The molecule has 0 saturated heterocycles. The maximum absolute atomic E-state index is 5.83. The number of nitrogens with two attached hydrogens (primary N) is 1. The zero-order valence-electron chi connectivity index (χ0n) is 9.08. The molecule has 3 nitrogen and oxygen atoms in total. The normalized spacial score (nSPS) is 10.8. The van der Waals surface area contributed by atoms with Crippen LogP contribution in [0.4, 0.5) is 5.82 Å². The summed E-state index contributed by atoms with van der Waals surface area (Å²) in [5.74, 6) is 0.663. The van der Waals surface area contributed by atoms with E-state index in [1.165, 1.54) is 4.90 Å². The Morgan fingerprint density at radius 2 is 1.82 bits per heavy atom. The Kier molecular flexibility index (Phi) is 2.49. The topological polar surface area (TPSA) is 43.3 Å². The fourth-order valence-electron chi connectivity index (χ4n) is 1.66. The van der Waals surface area contributed by atoms with E-state index in [9.17, 15) is 0 Å². The van der Waals surface area contributed by atoms with Crippen LogP contribution in [-0.4, -0.2) is 9.38 Å². The lowest BCUT2D eigenvalue weighted by Gasteiger charge is -2.03. The van der Waals surface area contributed by atoms with Crippen molar-refractivity contribution in [2.24, 2.45) is 0 Å². The van der Waals surface area contributed by atoms with E-state index in [0.717, 1.165) is 10.5 Å². The van der Waals surface area contributed by atoms with Gasteiger partial charge in [-0.2, -0.15) is 0 Å². The molecule has 0 atom stereocenters. The van der Waals surface area contributed by atoms with Crippen LogP contribution in [-0.2, 0) is 0 Å². The summed E-state index contributed by atoms with van der Waals surface area (Å²) in [6, 6.07) is 14.3. The predicted molar refractivity (Wildman–Crippen MR) is 70.2 cm³/mol. The number of pyridine rings is 1. The molecule has 0 radical (unpaired) electrons. The summed E-state index contributed by atoms with van der Waals surface area (Å²) in [6.45, 7) is 0. The molecule has 1 aromatic carbocycles. The van der Waals surface area contributed by atoms with Crippen LogP contribution >= 0.6 is 11.8 Å². The van der Waals surface area contributed by atoms with Crippen molar-refractivity contribution >= 4 is 23.2 Å². The second-order valence-corrected chi connectivity index (χ2v) is 4.84. The molecule has 84 valence electrons. The van der Waals surface area contributed by atoms with Gasteiger partial charge < -0.3 is 5.73 Å². The van der Waals surface area contributed by atoms with Crippen molar-refractivity contribution in [1.82, 2.24) is 9.38 Å². The minimum atomic E-state index is 0.663. The van der Waals surface area contributed by atoms with Gasteiger partial charge >= 0.3 is 0 Å². The third-order valence-corrected chi connectivity index (χ3v) is 3.47. The molecule has 0 spiro atoms. The highest BCUT2D eigenvalue weighted by atomic mass is 32.2. The van der Waals surface area contributed by atoms with Crippen LogP contribution in [0.2, 0.25) is 0 Å². The quantitative estimate of drug-likeness (QED) is 0.749. The molecule has 0 aliphatic carbocycles. The molecule has 0 amide bonds. The highest BCUT2D eigenvalue weighted by Gasteiger charge is 2.02. The van der Waals surface area contributed by atoms with Gasteiger partial charge in [0.05, 0.1) is 6.20 Å². The van der Waals surface area contributed by atoms with E-state index in [1.54, 1.807) is 18.0 Å². The van der Waals surface area contributed by atoms with E-state index < -0.39 is 0 Å². The van der Waals surface area contributed by atoms with E-state index in [0.29, 0.717) is 5.82 Å². The summed E-state index contributed by atoms with van der Waals surface area (Å²) < 4.78 is 1.89. The Labute approximate surface area is 103 Å². The third-order valence-electron chi connectivity index (χ3n) is 2.49. The SMILES string of the molecule is Nc1cnc2ccc(Sc3ccccc3)cn12. The molecule has 3 aromatic rings. The Hall–Kier alpha value is -1.94. The molecule has 0 aliphatic rings. The average molecular weight is 241 g/mol. The summed E-state index contributed by atoms with van der Waals surface area (Å²) in [7, 11) is 0. The molecule has 0 aliphatic heterocycles. The lowest BCUT2D eigenvalue weighted by atomic mass is 10.4. The van der Waals surface area contributed by atoms with Crippen molar-refractivity contribution in [2.45, 2.75) is 9.79 Å². The van der Waals surface area contributed by atoms with Gasteiger partial charge in [-0.15, -0.1) is 0 Å². The molecular weight excluding hydrogens is 230 g/mol. The van der Waals surface area contributed by atoms with Crippen LogP contribution in [0.1, 0.15) is 0 Å². The van der Waals surface area contributed by atoms with Crippen LogP contribution in [0.15, 0.2) is 64.6 Å². The van der Waals surface area contributed by atoms with Gasteiger partial charge in [-0.05, 0) is 24.3 Å². The zero-order valence-corrected chi connectivity index (χ0v) is 9.89. The van der Waals surface area contributed by atoms with Crippen LogP contribution in [0.25, 0.3) is 5.65 Å². The highest BCUT2D eigenvalue weighted by molar-refractivity contribution is 7.99. The first-order valence-electron chi connectivity index (χ1n) is 5.28. The van der Waals surface area contributed by atoms with Gasteiger partial charge in [-0.3, -0.25) is 4.40 Å². The minimum Gasteiger partial charge on any atom is -0.383 e. The van der Waals surface area contributed by atoms with Gasteiger partial charge in [0.1, 0.15) is 11.5 Å². The monoisotopic (exact) mass is 241 g/mol. The van der Waals surface area contributed by atoms with Crippen LogP contribution in [0, 0.1) is 0 Å². The predicted octanol–water partition coefficient (Wildman–Crippen LogP) is 3.07. The number of nitrogen functional groups attached to an aromatic ring is 1. The van der Waals surface area contributed by atoms with Gasteiger partial charge in [0.2, 0.25) is 0 Å². The first-order chi connectivity index (χ1) is 8.33. The van der Waals surface area contributed by atoms with Crippen molar-refractivity contribution < 1.29 is 0 Å². The van der Waals surface area contributed by atoms with E-state index in [4.69, 9.17) is 5.73 Å². The van der Waals surface area contributed by atoms with Crippen LogP contribution in [0.5, 0.6) is 0 Å². The maximum Gasteiger partial charge on any atom is 0.138 e. The first kappa shape index (κ1) is 10.2. The second kappa shape index (κ2) is 4.14. The fourth-order valence-corrected chi connectivity index (χ4v) is 2.52. The third kappa shape index (κ3) is 1.99. The number of hydrogen-bond donors (Lipinski definition) is 1. The van der Waals surface area contributed by atoms with Crippen molar-refractivity contribution in [3.05, 3.63) is 54.9 Å². The number of anilines is 1. The van der Waals surface area contributed by atoms with E-state index in [1.807, 2.05) is 34.9 Å². The molecule has 2 heterocycles. The standard InChI is InChI=1S/C13H11N3S/c14-12-8-15-13-7-6-11(9-16(12)13)17-10-4-2-1-3-5-10/h1-9H,14H2. The average Bonchev–Trinajstić information content (AvgIpc) is 2.73. The molecule has 0 fully saturated rings. The van der Waals surface area contributed by atoms with Gasteiger partial charge in [0, 0.05) is 16.0 Å². The largest absolute Gasteiger partial charge is 0.383 e. The summed E-state index contributed by atoms with van der Waals surface area (Å²) in [5, 5.41) is 0. The lowest BCUT2D eigenvalue weighted by molar-refractivity contribution is 1.14. The van der Waals surface area contributed by atoms with E-state index in [-0.39, 0.29) is 0 Å². The number of rotatable bonds is 2. The van der Waals surface area contributed by atoms with Gasteiger partial charge in [0.25, 0.3) is 0 Å². The molecule has 2 aromatic heterocycles. The molecule has 3 rings (SSSR count). The zero-order chi connectivity index (χ0) is 11.7. The van der Waals surface area contributed by atoms with Crippen LogP contribution in [0.3, 0.4) is 0 Å². The van der Waals surface area contributed by atoms with Crippen molar-refractivity contribution in [3.63, 3.8) is 0 Å². The smallest absolute Gasteiger partial charge is 0.138 e. The Balaban J connectivity index is 1.98. The molecule has 0 saturated carbocycles. The molecule has 4 heteroatoms. The highest BCUT2D eigenvalue weighted by Crippen LogP contribution is 2.27. The summed E-state index contributed by atoms with van der Waals surface area (Å²) in [5.41, 5.74) is 6.70. The van der Waals surface area contributed by atoms with Gasteiger partial charge in [-0.1, -0.05) is 30.0 Å². The number of imidazole rings is 1. The summed E-state index contributed by atoms with van der Waals surface area (Å²) in [6.07, 6.45) is 3.68. The first-order valence-corrected chi connectivity index (χ1v) is 6.10. The number of aromatic nitrogens is 2. The summed E-state index contributed by atoms with van der Waals surface area (Å²) >= 11 is 1.71. The van der Waals surface area contributed by atoms with Gasteiger partial charge in [-0.25, -0.2) is 4.98 Å². The molecule has 17 heavy (non-hydrogen) atoms. The van der Waals surface area contributed by atoms with E-state index >= 15 is 0 Å². The van der Waals surface area contributed by atoms with Gasteiger partial charge in [0.15, 0.2) is 0 Å². The fraction of sp³-hybridized carbons (Fsp3) is 0. The Morgan fingerprint density at radius 3 is 2.65 bits per heavy atom. The molecule has 0 unspecified atom stereocenters. The van der Waals surface area contributed by atoms with Crippen molar-refractivity contribution in [3.8, 4) is 0 Å².